The van der Waals surface area contributed by atoms with Crippen LogP contribution < -0.4 is 10.6 Å². The first kappa shape index (κ1) is 22.3. The predicted octanol–water partition coefficient (Wildman–Crippen LogP) is 2.97. The van der Waals surface area contributed by atoms with E-state index in [4.69, 9.17) is 9.26 Å². The van der Waals surface area contributed by atoms with E-state index in [1.165, 1.54) is 5.56 Å². The van der Waals surface area contributed by atoms with Crippen LogP contribution >= 0.6 is 0 Å². The number of ether oxygens (including phenoxy) is 1. The lowest BCUT2D eigenvalue weighted by Gasteiger charge is -2.32. The Labute approximate surface area is 179 Å². The van der Waals surface area contributed by atoms with Gasteiger partial charge in [-0.2, -0.15) is 0 Å². The molecular formula is C23H35N5O2. The molecule has 1 saturated heterocycles. The number of guanidine groups is 1. The van der Waals surface area contributed by atoms with Crippen molar-refractivity contribution in [3.05, 3.63) is 53.4 Å². The lowest BCUT2D eigenvalue weighted by atomic mass is 10.1. The fourth-order valence-electron chi connectivity index (χ4n) is 3.60. The second kappa shape index (κ2) is 12.3. The maximum atomic E-state index is 6.09. The highest BCUT2D eigenvalue weighted by molar-refractivity contribution is 5.79. The summed E-state index contributed by atoms with van der Waals surface area (Å²) in [4.78, 5) is 6.76. The zero-order valence-electron chi connectivity index (χ0n) is 18.3. The lowest BCUT2D eigenvalue weighted by molar-refractivity contribution is 0.00534. The van der Waals surface area contributed by atoms with E-state index < -0.39 is 0 Å². The molecule has 1 aliphatic heterocycles. The van der Waals surface area contributed by atoms with Crippen molar-refractivity contribution in [2.24, 2.45) is 4.99 Å². The number of aliphatic imine (C=N–C) groups is 1. The van der Waals surface area contributed by atoms with Gasteiger partial charge in [-0.25, -0.2) is 0 Å². The van der Waals surface area contributed by atoms with Gasteiger partial charge in [0.2, 0.25) is 0 Å². The number of hydrogen-bond donors (Lipinski definition) is 2. The molecule has 7 nitrogen and oxygen atoms in total. The molecule has 30 heavy (non-hydrogen) atoms. The summed E-state index contributed by atoms with van der Waals surface area (Å²) in [6.45, 7) is 7.48. The Hall–Kier alpha value is -2.38. The standard InChI is InChI=1S/C23H35N5O2/c1-3-20-16-22(30-27-20)17-26-23(24-2)25-12-7-15-29-21-10-13-28(14-11-21)18-19-8-5-4-6-9-19/h4-6,8-9,16,21H,3,7,10-15,17-18H2,1-2H3,(H2,24,25,26). The van der Waals surface area contributed by atoms with Crippen molar-refractivity contribution < 1.29 is 9.26 Å². The van der Waals surface area contributed by atoms with Crippen LogP contribution in [0, 0.1) is 0 Å². The van der Waals surface area contributed by atoms with Gasteiger partial charge >= 0.3 is 0 Å². The molecule has 0 unspecified atom stereocenters. The number of rotatable bonds is 10. The summed E-state index contributed by atoms with van der Waals surface area (Å²) in [6.07, 6.45) is 4.44. The minimum atomic E-state index is 0.383. The summed E-state index contributed by atoms with van der Waals surface area (Å²) in [7, 11) is 1.77. The third kappa shape index (κ3) is 7.46. The van der Waals surface area contributed by atoms with Gasteiger partial charge in [-0.05, 0) is 31.2 Å². The van der Waals surface area contributed by atoms with Crippen molar-refractivity contribution in [3.8, 4) is 0 Å². The van der Waals surface area contributed by atoms with Crippen LogP contribution in [0.25, 0.3) is 0 Å². The van der Waals surface area contributed by atoms with Crippen molar-refractivity contribution in [2.75, 3.05) is 33.3 Å². The van der Waals surface area contributed by atoms with E-state index in [2.05, 4.69) is 62.9 Å². The molecule has 1 aromatic carbocycles. The van der Waals surface area contributed by atoms with Crippen molar-refractivity contribution in [1.82, 2.24) is 20.7 Å². The van der Waals surface area contributed by atoms with Gasteiger partial charge in [0.25, 0.3) is 0 Å². The van der Waals surface area contributed by atoms with Crippen LogP contribution in [0.3, 0.4) is 0 Å². The molecule has 0 atom stereocenters. The highest BCUT2D eigenvalue weighted by atomic mass is 16.5. The molecule has 7 heteroatoms. The molecule has 2 aromatic rings. The zero-order valence-corrected chi connectivity index (χ0v) is 18.3. The predicted molar refractivity (Wildman–Crippen MR) is 119 cm³/mol. The Morgan fingerprint density at radius 3 is 2.73 bits per heavy atom. The topological polar surface area (TPSA) is 74.9 Å². The fraction of sp³-hybridized carbons (Fsp3) is 0.565. The van der Waals surface area contributed by atoms with E-state index in [1.807, 2.05) is 6.07 Å². The minimum absolute atomic E-state index is 0.383. The molecule has 0 amide bonds. The maximum Gasteiger partial charge on any atom is 0.191 e. The average molecular weight is 414 g/mol. The van der Waals surface area contributed by atoms with Crippen LogP contribution in [0.15, 0.2) is 45.9 Å². The van der Waals surface area contributed by atoms with E-state index in [9.17, 15) is 0 Å². The van der Waals surface area contributed by atoms with Crippen molar-refractivity contribution >= 4 is 5.96 Å². The van der Waals surface area contributed by atoms with Gasteiger partial charge in [0.05, 0.1) is 18.3 Å². The van der Waals surface area contributed by atoms with Gasteiger partial charge in [0.1, 0.15) is 0 Å². The molecule has 0 aliphatic carbocycles. The fourth-order valence-corrected chi connectivity index (χ4v) is 3.60. The van der Waals surface area contributed by atoms with Gasteiger partial charge < -0.3 is 19.9 Å². The Kier molecular flexibility index (Phi) is 9.18. The molecule has 0 bridgehead atoms. The van der Waals surface area contributed by atoms with E-state index in [0.717, 1.165) is 75.9 Å². The van der Waals surface area contributed by atoms with E-state index in [-0.39, 0.29) is 0 Å². The number of nitrogens with zero attached hydrogens (tertiary/aromatic N) is 3. The monoisotopic (exact) mass is 413 g/mol. The molecule has 0 radical (unpaired) electrons. The third-order valence-corrected chi connectivity index (χ3v) is 5.37. The summed E-state index contributed by atoms with van der Waals surface area (Å²) in [5.41, 5.74) is 2.36. The third-order valence-electron chi connectivity index (χ3n) is 5.37. The van der Waals surface area contributed by atoms with Crippen molar-refractivity contribution in [1.29, 1.82) is 0 Å². The van der Waals surface area contributed by atoms with Gasteiger partial charge in [-0.1, -0.05) is 42.4 Å². The number of piperidine rings is 1. The first-order valence-corrected chi connectivity index (χ1v) is 11.0. The molecule has 1 fully saturated rings. The molecule has 2 heterocycles. The Bertz CT molecular complexity index is 754. The highest BCUT2D eigenvalue weighted by Crippen LogP contribution is 2.16. The minimum Gasteiger partial charge on any atom is -0.378 e. The average Bonchev–Trinajstić information content (AvgIpc) is 3.25. The largest absolute Gasteiger partial charge is 0.378 e. The van der Waals surface area contributed by atoms with E-state index in [1.54, 1.807) is 7.05 Å². The summed E-state index contributed by atoms with van der Waals surface area (Å²) < 4.78 is 11.4. The lowest BCUT2D eigenvalue weighted by Crippen LogP contribution is -2.38. The maximum absolute atomic E-state index is 6.09. The summed E-state index contributed by atoms with van der Waals surface area (Å²) in [6, 6.07) is 12.7. The molecule has 1 aliphatic rings. The first-order valence-electron chi connectivity index (χ1n) is 11.0. The van der Waals surface area contributed by atoms with Crippen LogP contribution in [0.5, 0.6) is 0 Å². The van der Waals surface area contributed by atoms with Crippen LogP contribution in [0.1, 0.15) is 43.2 Å². The smallest absolute Gasteiger partial charge is 0.191 e. The van der Waals surface area contributed by atoms with Gasteiger partial charge in [0, 0.05) is 45.9 Å². The van der Waals surface area contributed by atoms with E-state index >= 15 is 0 Å². The number of aryl methyl sites for hydroxylation is 1. The van der Waals surface area contributed by atoms with Gasteiger partial charge in [0.15, 0.2) is 11.7 Å². The Morgan fingerprint density at radius 2 is 2.03 bits per heavy atom. The number of likely N-dealkylation sites (tertiary alicyclic amines) is 1. The number of benzene rings is 1. The van der Waals surface area contributed by atoms with Crippen LogP contribution in [0.2, 0.25) is 0 Å². The Morgan fingerprint density at radius 1 is 1.23 bits per heavy atom. The molecule has 3 rings (SSSR count). The first-order chi connectivity index (χ1) is 14.8. The second-order valence-electron chi connectivity index (χ2n) is 7.68. The number of hydrogen-bond acceptors (Lipinski definition) is 5. The molecule has 0 saturated carbocycles. The normalized spacial score (nSPS) is 16.0. The summed E-state index contributed by atoms with van der Waals surface area (Å²) >= 11 is 0. The Balaban J connectivity index is 1.23. The number of nitrogens with one attached hydrogen (secondary N) is 2. The summed E-state index contributed by atoms with van der Waals surface area (Å²) in [5.74, 6) is 1.58. The molecule has 164 valence electrons. The highest BCUT2D eigenvalue weighted by Gasteiger charge is 2.19. The molecule has 0 spiro atoms. The van der Waals surface area contributed by atoms with Crippen LogP contribution in [0.4, 0.5) is 0 Å². The van der Waals surface area contributed by atoms with E-state index in [0.29, 0.717) is 12.6 Å². The van der Waals surface area contributed by atoms with Crippen molar-refractivity contribution in [3.63, 3.8) is 0 Å². The quantitative estimate of drug-likeness (QED) is 0.354. The SMILES string of the molecule is CCc1cc(CNC(=NC)NCCCOC2CCN(Cc3ccccc3)CC2)on1. The van der Waals surface area contributed by atoms with Gasteiger partial charge in [-0.15, -0.1) is 0 Å². The number of aromatic nitrogens is 1. The zero-order chi connectivity index (χ0) is 21.0. The van der Waals surface area contributed by atoms with Crippen LogP contribution in [-0.4, -0.2) is 55.4 Å². The van der Waals surface area contributed by atoms with Crippen LogP contribution in [-0.2, 0) is 24.2 Å². The molecule has 2 N–H and O–H groups in total. The van der Waals surface area contributed by atoms with Gasteiger partial charge in [-0.3, -0.25) is 9.89 Å². The van der Waals surface area contributed by atoms with Crippen molar-refractivity contribution in [2.45, 2.75) is 51.8 Å². The second-order valence-corrected chi connectivity index (χ2v) is 7.68. The molecule has 1 aromatic heterocycles. The molecular weight excluding hydrogens is 378 g/mol. The summed E-state index contributed by atoms with van der Waals surface area (Å²) in [5, 5.41) is 10.6.